The number of carbonyl (C=O) groups is 2. The van der Waals surface area contributed by atoms with Gasteiger partial charge >= 0.3 is 5.97 Å². The minimum absolute atomic E-state index is 0.216. The molecule has 0 radical (unpaired) electrons. The van der Waals surface area contributed by atoms with Crippen LogP contribution >= 0.6 is 0 Å². The molecule has 2 aromatic rings. The maximum absolute atomic E-state index is 12.5. The Morgan fingerprint density at radius 2 is 1.79 bits per heavy atom. The molecule has 2 aromatic carbocycles. The Kier molecular flexibility index (Phi) is 5.73. The fraction of sp³-hybridized carbons (Fsp3) is 0.333. The third kappa shape index (κ3) is 4.03. The van der Waals surface area contributed by atoms with Crippen LogP contribution in [0.5, 0.6) is 17.2 Å². The number of fused-ring (bicyclic) bond motifs is 1. The van der Waals surface area contributed by atoms with Gasteiger partial charge in [-0.05, 0) is 44.0 Å². The molecule has 7 nitrogen and oxygen atoms in total. The van der Waals surface area contributed by atoms with E-state index in [1.165, 1.54) is 26.2 Å². The Labute approximate surface area is 163 Å². The molecule has 0 aliphatic carbocycles. The summed E-state index contributed by atoms with van der Waals surface area (Å²) in [6.45, 7) is 6.11. The van der Waals surface area contributed by atoms with Gasteiger partial charge in [-0.1, -0.05) is 18.2 Å². The summed E-state index contributed by atoms with van der Waals surface area (Å²) in [7, 11) is 1.48. The van der Waals surface area contributed by atoms with E-state index in [4.69, 9.17) is 18.9 Å². The van der Waals surface area contributed by atoms with Gasteiger partial charge in [0.25, 0.3) is 5.91 Å². The highest BCUT2D eigenvalue weighted by Crippen LogP contribution is 2.40. The highest BCUT2D eigenvalue weighted by molar-refractivity contribution is 5.98. The first-order valence-electron chi connectivity index (χ1n) is 8.96. The Balaban J connectivity index is 1.73. The van der Waals surface area contributed by atoms with E-state index in [0.717, 1.165) is 16.8 Å². The van der Waals surface area contributed by atoms with Crippen LogP contribution in [0, 0.1) is 13.8 Å². The maximum atomic E-state index is 12.5. The summed E-state index contributed by atoms with van der Waals surface area (Å²) in [4.78, 5) is 25.0. The summed E-state index contributed by atoms with van der Waals surface area (Å²) >= 11 is 0. The van der Waals surface area contributed by atoms with Crippen molar-refractivity contribution in [2.45, 2.75) is 26.9 Å². The van der Waals surface area contributed by atoms with Crippen molar-refractivity contribution in [3.8, 4) is 17.2 Å². The van der Waals surface area contributed by atoms with Crippen LogP contribution in [0.2, 0.25) is 0 Å². The van der Waals surface area contributed by atoms with Crippen LogP contribution in [0.1, 0.15) is 28.4 Å². The highest BCUT2D eigenvalue weighted by atomic mass is 16.6. The van der Waals surface area contributed by atoms with E-state index in [1.807, 2.05) is 32.0 Å². The van der Waals surface area contributed by atoms with E-state index < -0.39 is 18.0 Å². The lowest BCUT2D eigenvalue weighted by atomic mass is 10.1. The number of anilines is 1. The van der Waals surface area contributed by atoms with Crippen molar-refractivity contribution < 1.29 is 28.5 Å². The minimum atomic E-state index is -0.981. The van der Waals surface area contributed by atoms with E-state index in [-0.39, 0.29) is 5.56 Å². The lowest BCUT2D eigenvalue weighted by molar-refractivity contribution is -0.123. The topological polar surface area (TPSA) is 83.1 Å². The van der Waals surface area contributed by atoms with Gasteiger partial charge in [0.05, 0.1) is 12.7 Å². The zero-order valence-electron chi connectivity index (χ0n) is 16.3. The molecule has 1 aliphatic rings. The second-order valence-electron chi connectivity index (χ2n) is 6.51. The van der Waals surface area contributed by atoms with Gasteiger partial charge in [-0.15, -0.1) is 0 Å². The third-order valence-corrected chi connectivity index (χ3v) is 4.45. The highest BCUT2D eigenvalue weighted by Gasteiger charge is 2.24. The molecule has 28 heavy (non-hydrogen) atoms. The SMILES string of the molecule is COc1cc(C(=O)O[C@H](C)C(=O)Nc2c(C)cccc2C)cc2c1OCCO2. The molecule has 7 heteroatoms. The molecule has 0 spiro atoms. The van der Waals surface area contributed by atoms with Gasteiger partial charge in [0.15, 0.2) is 17.6 Å². The Bertz CT molecular complexity index is 871. The molecule has 1 N–H and O–H groups in total. The molecule has 0 saturated heterocycles. The predicted molar refractivity (Wildman–Crippen MR) is 103 cm³/mol. The van der Waals surface area contributed by atoms with Gasteiger partial charge in [-0.25, -0.2) is 4.79 Å². The number of amides is 1. The van der Waals surface area contributed by atoms with Crippen LogP contribution in [-0.4, -0.2) is 38.3 Å². The Morgan fingerprint density at radius 1 is 1.11 bits per heavy atom. The second-order valence-corrected chi connectivity index (χ2v) is 6.51. The second kappa shape index (κ2) is 8.21. The average molecular weight is 385 g/mol. The molecule has 0 bridgehead atoms. The van der Waals surface area contributed by atoms with Gasteiger partial charge in [-0.2, -0.15) is 0 Å². The number of para-hydroxylation sites is 1. The molecular weight excluding hydrogens is 362 g/mol. The van der Waals surface area contributed by atoms with Gasteiger partial charge in [0, 0.05) is 5.69 Å². The lowest BCUT2D eigenvalue weighted by Crippen LogP contribution is -2.30. The van der Waals surface area contributed by atoms with Gasteiger partial charge < -0.3 is 24.3 Å². The zero-order chi connectivity index (χ0) is 20.3. The molecule has 1 aliphatic heterocycles. The van der Waals surface area contributed by atoms with E-state index in [9.17, 15) is 9.59 Å². The first-order chi connectivity index (χ1) is 13.4. The fourth-order valence-electron chi connectivity index (χ4n) is 2.91. The van der Waals surface area contributed by atoms with E-state index in [2.05, 4.69) is 5.32 Å². The summed E-state index contributed by atoms with van der Waals surface area (Å²) in [6, 6.07) is 8.75. The first kappa shape index (κ1) is 19.5. The molecule has 3 rings (SSSR count). The number of esters is 1. The summed E-state index contributed by atoms with van der Waals surface area (Å²) < 4.78 is 21.7. The molecule has 0 fully saturated rings. The monoisotopic (exact) mass is 385 g/mol. The summed E-state index contributed by atoms with van der Waals surface area (Å²) in [5, 5.41) is 2.82. The van der Waals surface area contributed by atoms with Crippen molar-refractivity contribution in [1.82, 2.24) is 0 Å². The van der Waals surface area contributed by atoms with Crippen molar-refractivity contribution >= 4 is 17.6 Å². The van der Waals surface area contributed by atoms with Crippen LogP contribution in [-0.2, 0) is 9.53 Å². The van der Waals surface area contributed by atoms with E-state index >= 15 is 0 Å². The molecule has 0 unspecified atom stereocenters. The quantitative estimate of drug-likeness (QED) is 0.796. The first-order valence-corrected chi connectivity index (χ1v) is 8.96. The standard InChI is InChI=1S/C21H23NO6/c1-12-6-5-7-13(2)18(12)22-20(23)14(3)28-21(24)15-10-16(25-4)19-17(11-15)26-8-9-27-19/h5-7,10-11,14H,8-9H2,1-4H3,(H,22,23)/t14-/m1/s1. The number of rotatable bonds is 5. The summed E-state index contributed by atoms with van der Waals surface area (Å²) in [6.07, 6.45) is -0.981. The van der Waals surface area contributed by atoms with Crippen LogP contribution in [0.25, 0.3) is 0 Å². The number of hydrogen-bond acceptors (Lipinski definition) is 6. The van der Waals surface area contributed by atoms with Gasteiger partial charge in [0.2, 0.25) is 5.75 Å². The Morgan fingerprint density at radius 3 is 2.46 bits per heavy atom. The van der Waals surface area contributed by atoms with E-state index in [1.54, 1.807) is 0 Å². The zero-order valence-corrected chi connectivity index (χ0v) is 16.3. The third-order valence-electron chi connectivity index (χ3n) is 4.45. The fourth-order valence-corrected chi connectivity index (χ4v) is 2.91. The molecule has 1 heterocycles. The van der Waals surface area contributed by atoms with E-state index in [0.29, 0.717) is 30.5 Å². The minimum Gasteiger partial charge on any atom is -0.493 e. The number of nitrogens with one attached hydrogen (secondary N) is 1. The average Bonchev–Trinajstić information content (AvgIpc) is 2.69. The van der Waals surface area contributed by atoms with Crippen LogP contribution in [0.15, 0.2) is 30.3 Å². The van der Waals surface area contributed by atoms with Gasteiger partial charge in [0.1, 0.15) is 13.2 Å². The largest absolute Gasteiger partial charge is 0.493 e. The van der Waals surface area contributed by atoms with Crippen LogP contribution < -0.4 is 19.5 Å². The smallest absolute Gasteiger partial charge is 0.339 e. The van der Waals surface area contributed by atoms with Crippen molar-refractivity contribution in [3.63, 3.8) is 0 Å². The predicted octanol–water partition coefficient (Wildman–Crippen LogP) is 3.27. The molecule has 0 saturated carbocycles. The number of ether oxygens (including phenoxy) is 4. The van der Waals surface area contributed by atoms with Crippen molar-refractivity contribution in [1.29, 1.82) is 0 Å². The molecule has 148 valence electrons. The number of methoxy groups -OCH3 is 1. The molecule has 1 amide bonds. The summed E-state index contributed by atoms with van der Waals surface area (Å²) in [5.41, 5.74) is 2.80. The molecular formula is C21H23NO6. The summed E-state index contributed by atoms with van der Waals surface area (Å²) in [5.74, 6) is 0.169. The molecule has 0 aromatic heterocycles. The molecule has 1 atom stereocenters. The van der Waals surface area contributed by atoms with Crippen molar-refractivity contribution in [2.75, 3.05) is 25.6 Å². The maximum Gasteiger partial charge on any atom is 0.339 e. The van der Waals surface area contributed by atoms with Crippen LogP contribution in [0.3, 0.4) is 0 Å². The number of benzene rings is 2. The van der Waals surface area contributed by atoms with Crippen LogP contribution in [0.4, 0.5) is 5.69 Å². The number of hydrogen-bond donors (Lipinski definition) is 1. The lowest BCUT2D eigenvalue weighted by Gasteiger charge is -2.21. The Hall–Kier alpha value is -3.22. The normalized spacial score (nSPS) is 13.4. The van der Waals surface area contributed by atoms with Crippen molar-refractivity contribution in [3.05, 3.63) is 47.0 Å². The van der Waals surface area contributed by atoms with Crippen molar-refractivity contribution in [2.24, 2.45) is 0 Å². The number of carbonyl (C=O) groups excluding carboxylic acids is 2. The van der Waals surface area contributed by atoms with Gasteiger partial charge in [-0.3, -0.25) is 4.79 Å². The number of aryl methyl sites for hydroxylation is 2.